The second kappa shape index (κ2) is 3.59. The van der Waals surface area contributed by atoms with E-state index < -0.39 is 6.10 Å². The molecule has 2 heterocycles. The molecule has 0 unspecified atom stereocenters. The van der Waals surface area contributed by atoms with E-state index in [0.717, 1.165) is 16.1 Å². The highest BCUT2D eigenvalue weighted by molar-refractivity contribution is 7.10. The third kappa shape index (κ3) is 1.49. The molecule has 0 aromatic carbocycles. The summed E-state index contributed by atoms with van der Waals surface area (Å²) in [5, 5.41) is 12.1. The Morgan fingerprint density at radius 1 is 1.43 bits per heavy atom. The fourth-order valence-electron chi connectivity index (χ4n) is 1.56. The van der Waals surface area contributed by atoms with Gasteiger partial charge in [0, 0.05) is 18.1 Å². The number of hydrogen-bond donors (Lipinski definition) is 1. The molecule has 2 rings (SSSR count). The Hall–Kier alpha value is -1.06. The van der Waals surface area contributed by atoms with Gasteiger partial charge in [-0.05, 0) is 36.1 Å². The van der Waals surface area contributed by atoms with Crippen LogP contribution < -0.4 is 0 Å². The van der Waals surface area contributed by atoms with E-state index in [4.69, 9.17) is 0 Å². The van der Waals surface area contributed by atoms with Crippen molar-refractivity contribution in [2.45, 2.75) is 13.0 Å². The van der Waals surface area contributed by atoms with E-state index in [9.17, 15) is 5.11 Å². The Morgan fingerprint density at radius 2 is 2.21 bits per heavy atom. The van der Waals surface area contributed by atoms with Gasteiger partial charge in [-0.1, -0.05) is 0 Å². The van der Waals surface area contributed by atoms with Crippen molar-refractivity contribution in [3.63, 3.8) is 0 Å². The smallest absolute Gasteiger partial charge is 0.128 e. The van der Waals surface area contributed by atoms with Crippen LogP contribution in [0, 0.1) is 6.92 Å². The topological polar surface area (TPSA) is 25.2 Å². The van der Waals surface area contributed by atoms with E-state index in [2.05, 4.69) is 0 Å². The highest BCUT2D eigenvalue weighted by Gasteiger charge is 2.15. The largest absolute Gasteiger partial charge is 0.381 e. The van der Waals surface area contributed by atoms with Crippen molar-refractivity contribution in [3.05, 3.63) is 45.9 Å². The van der Waals surface area contributed by atoms with Crippen molar-refractivity contribution in [2.24, 2.45) is 7.05 Å². The fraction of sp³-hybridized carbons (Fsp3) is 0.273. The number of thiophene rings is 1. The molecule has 0 aliphatic rings. The van der Waals surface area contributed by atoms with Crippen molar-refractivity contribution < 1.29 is 5.11 Å². The Labute approximate surface area is 87.4 Å². The minimum Gasteiger partial charge on any atom is -0.381 e. The summed E-state index contributed by atoms with van der Waals surface area (Å²) < 4.78 is 1.95. The van der Waals surface area contributed by atoms with Gasteiger partial charge in [-0.2, -0.15) is 0 Å². The minimum absolute atomic E-state index is 0.491. The molecule has 1 atom stereocenters. The lowest BCUT2D eigenvalue weighted by Gasteiger charge is -2.11. The van der Waals surface area contributed by atoms with E-state index in [0.29, 0.717) is 0 Å². The van der Waals surface area contributed by atoms with Gasteiger partial charge in [-0.25, -0.2) is 0 Å². The number of hydrogen-bond acceptors (Lipinski definition) is 2. The van der Waals surface area contributed by atoms with Crippen LogP contribution in [-0.2, 0) is 7.05 Å². The molecule has 0 aliphatic carbocycles. The average molecular weight is 207 g/mol. The summed E-state index contributed by atoms with van der Waals surface area (Å²) in [7, 11) is 1.95. The number of aromatic nitrogens is 1. The third-order valence-corrected chi connectivity index (χ3v) is 3.49. The maximum absolute atomic E-state index is 10.1. The maximum Gasteiger partial charge on any atom is 0.128 e. The summed E-state index contributed by atoms with van der Waals surface area (Å²) in [6, 6.07) is 5.93. The summed E-state index contributed by atoms with van der Waals surface area (Å²) in [5.74, 6) is 0. The fourth-order valence-corrected chi connectivity index (χ4v) is 2.48. The maximum atomic E-state index is 10.1. The molecule has 0 amide bonds. The normalized spacial score (nSPS) is 13.1. The Balaban J connectivity index is 2.38. The molecule has 0 radical (unpaired) electrons. The van der Waals surface area contributed by atoms with E-state index in [1.807, 2.05) is 48.3 Å². The van der Waals surface area contributed by atoms with Crippen LogP contribution in [0.4, 0.5) is 0 Å². The van der Waals surface area contributed by atoms with Crippen LogP contribution in [0.2, 0.25) is 0 Å². The first-order valence-electron chi connectivity index (χ1n) is 4.53. The quantitative estimate of drug-likeness (QED) is 0.804. The number of aryl methyl sites for hydroxylation is 2. The monoisotopic (exact) mass is 207 g/mol. The van der Waals surface area contributed by atoms with Gasteiger partial charge in [0.1, 0.15) is 6.10 Å². The van der Waals surface area contributed by atoms with Gasteiger partial charge < -0.3 is 9.67 Å². The zero-order valence-corrected chi connectivity index (χ0v) is 9.08. The SMILES string of the molecule is Cc1ccsc1[C@H](O)c1cccn1C. The van der Waals surface area contributed by atoms with Crippen LogP contribution >= 0.6 is 11.3 Å². The number of aliphatic hydroxyl groups is 1. The van der Waals surface area contributed by atoms with Gasteiger partial charge in [0.15, 0.2) is 0 Å². The zero-order valence-electron chi connectivity index (χ0n) is 8.27. The van der Waals surface area contributed by atoms with Crippen molar-refractivity contribution >= 4 is 11.3 Å². The lowest BCUT2D eigenvalue weighted by atomic mass is 10.1. The van der Waals surface area contributed by atoms with Crippen molar-refractivity contribution in [2.75, 3.05) is 0 Å². The van der Waals surface area contributed by atoms with E-state index in [1.165, 1.54) is 0 Å². The first kappa shape index (κ1) is 9.49. The summed E-state index contributed by atoms with van der Waals surface area (Å²) in [5.41, 5.74) is 2.10. The number of nitrogens with zero attached hydrogens (tertiary/aromatic N) is 1. The standard InChI is InChI=1S/C11H13NOS/c1-8-5-7-14-11(8)10(13)9-4-3-6-12(9)2/h3-7,10,13H,1-2H3/t10-/m1/s1. The third-order valence-electron chi connectivity index (χ3n) is 2.41. The van der Waals surface area contributed by atoms with Gasteiger partial charge in [0.05, 0.1) is 5.69 Å². The highest BCUT2D eigenvalue weighted by Crippen LogP contribution is 2.28. The van der Waals surface area contributed by atoms with Crippen LogP contribution in [0.25, 0.3) is 0 Å². The average Bonchev–Trinajstić information content (AvgIpc) is 2.73. The first-order valence-corrected chi connectivity index (χ1v) is 5.41. The predicted molar refractivity (Wildman–Crippen MR) is 58.5 cm³/mol. The van der Waals surface area contributed by atoms with Crippen molar-refractivity contribution in [1.82, 2.24) is 4.57 Å². The molecule has 0 fully saturated rings. The first-order chi connectivity index (χ1) is 6.70. The van der Waals surface area contributed by atoms with Gasteiger partial charge >= 0.3 is 0 Å². The predicted octanol–water partition coefficient (Wildman–Crippen LogP) is 2.48. The highest BCUT2D eigenvalue weighted by atomic mass is 32.1. The lowest BCUT2D eigenvalue weighted by molar-refractivity contribution is 0.214. The zero-order chi connectivity index (χ0) is 10.1. The number of rotatable bonds is 2. The second-order valence-electron chi connectivity index (χ2n) is 3.41. The second-order valence-corrected chi connectivity index (χ2v) is 4.36. The molecule has 14 heavy (non-hydrogen) atoms. The molecule has 0 saturated heterocycles. The van der Waals surface area contributed by atoms with Gasteiger partial charge in [0.25, 0.3) is 0 Å². The molecule has 3 heteroatoms. The van der Waals surface area contributed by atoms with Crippen molar-refractivity contribution in [3.8, 4) is 0 Å². The summed E-state index contributed by atoms with van der Waals surface area (Å²) in [6.45, 7) is 2.03. The molecule has 0 aliphatic heterocycles. The molecule has 2 aromatic heterocycles. The Bertz CT molecular complexity index is 390. The van der Waals surface area contributed by atoms with E-state index >= 15 is 0 Å². The Morgan fingerprint density at radius 3 is 2.71 bits per heavy atom. The van der Waals surface area contributed by atoms with Crippen LogP contribution in [0.5, 0.6) is 0 Å². The van der Waals surface area contributed by atoms with Gasteiger partial charge in [-0.15, -0.1) is 11.3 Å². The summed E-state index contributed by atoms with van der Waals surface area (Å²) >= 11 is 1.60. The summed E-state index contributed by atoms with van der Waals surface area (Å²) in [4.78, 5) is 1.03. The van der Waals surface area contributed by atoms with E-state index in [1.54, 1.807) is 11.3 Å². The summed E-state index contributed by atoms with van der Waals surface area (Å²) in [6.07, 6.45) is 1.46. The molecule has 0 spiro atoms. The minimum atomic E-state index is -0.491. The van der Waals surface area contributed by atoms with Crippen LogP contribution in [0.3, 0.4) is 0 Å². The Kier molecular flexibility index (Phi) is 2.44. The number of aliphatic hydroxyl groups excluding tert-OH is 1. The molecule has 2 aromatic rings. The lowest BCUT2D eigenvalue weighted by Crippen LogP contribution is -2.04. The molecule has 0 saturated carbocycles. The van der Waals surface area contributed by atoms with E-state index in [-0.39, 0.29) is 0 Å². The molecule has 2 nitrogen and oxygen atoms in total. The molecular weight excluding hydrogens is 194 g/mol. The molecule has 1 N–H and O–H groups in total. The molecular formula is C11H13NOS. The van der Waals surface area contributed by atoms with Crippen LogP contribution in [0.15, 0.2) is 29.8 Å². The van der Waals surface area contributed by atoms with Crippen molar-refractivity contribution in [1.29, 1.82) is 0 Å². The molecule has 74 valence electrons. The van der Waals surface area contributed by atoms with Gasteiger partial charge in [0.2, 0.25) is 0 Å². The van der Waals surface area contributed by atoms with Crippen LogP contribution in [-0.4, -0.2) is 9.67 Å². The van der Waals surface area contributed by atoms with Gasteiger partial charge in [-0.3, -0.25) is 0 Å². The van der Waals surface area contributed by atoms with Crippen LogP contribution in [0.1, 0.15) is 22.2 Å². The molecule has 0 bridgehead atoms.